The van der Waals surface area contributed by atoms with Gasteiger partial charge in [0.25, 0.3) is 0 Å². The predicted octanol–water partition coefficient (Wildman–Crippen LogP) is 2.62. The van der Waals surface area contributed by atoms with Crippen molar-refractivity contribution in [3.8, 4) is 0 Å². The Bertz CT molecular complexity index is 315. The molecular formula is C9H12F3NOS. The molecule has 0 radical (unpaired) electrons. The van der Waals surface area contributed by atoms with E-state index in [1.807, 2.05) is 6.92 Å². The molecule has 0 bridgehead atoms. The van der Waals surface area contributed by atoms with Gasteiger partial charge in [0, 0.05) is 11.3 Å². The van der Waals surface area contributed by atoms with E-state index < -0.39 is 18.7 Å². The number of aliphatic hydroxyl groups excluding tert-OH is 1. The van der Waals surface area contributed by atoms with Gasteiger partial charge in [0.05, 0.1) is 23.2 Å². The monoisotopic (exact) mass is 239 g/mol. The third-order valence-corrected chi connectivity index (χ3v) is 3.05. The quantitative estimate of drug-likeness (QED) is 0.879. The summed E-state index contributed by atoms with van der Waals surface area (Å²) in [6.45, 7) is 3.65. The van der Waals surface area contributed by atoms with Gasteiger partial charge in [-0.25, -0.2) is 4.98 Å². The highest BCUT2D eigenvalue weighted by atomic mass is 32.1. The van der Waals surface area contributed by atoms with E-state index in [1.54, 1.807) is 6.92 Å². The average Bonchev–Trinajstić information content (AvgIpc) is 2.26. The van der Waals surface area contributed by atoms with Crippen LogP contribution in [0.4, 0.5) is 13.2 Å². The topological polar surface area (TPSA) is 33.1 Å². The van der Waals surface area contributed by atoms with Gasteiger partial charge in [-0.15, -0.1) is 11.3 Å². The highest BCUT2D eigenvalue weighted by Gasteiger charge is 2.31. The first kappa shape index (κ1) is 12.4. The van der Waals surface area contributed by atoms with E-state index in [1.165, 1.54) is 11.3 Å². The van der Waals surface area contributed by atoms with Gasteiger partial charge in [-0.3, -0.25) is 0 Å². The van der Waals surface area contributed by atoms with Crippen LogP contribution in [0.1, 0.15) is 22.0 Å². The smallest absolute Gasteiger partial charge is 0.391 e. The lowest BCUT2D eigenvalue weighted by Gasteiger charge is -2.11. The maximum absolute atomic E-state index is 11.9. The highest BCUT2D eigenvalue weighted by Crippen LogP contribution is 2.24. The van der Waals surface area contributed by atoms with Crippen LogP contribution in [0.5, 0.6) is 0 Å². The van der Waals surface area contributed by atoms with Gasteiger partial charge in [-0.1, -0.05) is 0 Å². The summed E-state index contributed by atoms with van der Waals surface area (Å²) < 4.78 is 35.7. The third-order valence-electron chi connectivity index (χ3n) is 1.95. The lowest BCUT2D eigenvalue weighted by atomic mass is 10.2. The number of aromatic nitrogens is 1. The number of thiazole rings is 1. The molecule has 0 aliphatic carbocycles. The molecule has 0 aliphatic rings. The minimum atomic E-state index is -4.32. The number of aryl methyl sites for hydroxylation is 2. The number of halogens is 3. The van der Waals surface area contributed by atoms with Gasteiger partial charge >= 0.3 is 6.18 Å². The molecule has 0 saturated heterocycles. The Labute approximate surface area is 89.8 Å². The minimum absolute atomic E-state index is 0.0289. The Morgan fingerprint density at radius 2 is 2.00 bits per heavy atom. The Morgan fingerprint density at radius 1 is 1.40 bits per heavy atom. The van der Waals surface area contributed by atoms with Gasteiger partial charge in [0.1, 0.15) is 0 Å². The van der Waals surface area contributed by atoms with Crippen LogP contribution in [0, 0.1) is 13.8 Å². The fraction of sp³-hybridized carbons (Fsp3) is 0.667. The Hall–Kier alpha value is -0.620. The average molecular weight is 239 g/mol. The summed E-state index contributed by atoms with van der Waals surface area (Å²) in [5.41, 5.74) is 0.814. The Kier molecular flexibility index (Phi) is 3.72. The molecule has 0 saturated carbocycles. The number of nitrogens with zero attached hydrogens (tertiary/aromatic N) is 1. The van der Waals surface area contributed by atoms with Crippen molar-refractivity contribution in [1.82, 2.24) is 4.98 Å². The molecule has 0 fully saturated rings. The second kappa shape index (κ2) is 4.49. The van der Waals surface area contributed by atoms with Crippen LogP contribution in [0.25, 0.3) is 0 Å². The number of rotatable bonds is 3. The normalized spacial score (nSPS) is 14.3. The molecule has 1 heterocycles. The van der Waals surface area contributed by atoms with Gasteiger partial charge in [0.2, 0.25) is 0 Å². The molecule has 1 rings (SSSR count). The first-order valence-corrected chi connectivity index (χ1v) is 5.27. The zero-order valence-corrected chi connectivity index (χ0v) is 9.24. The predicted molar refractivity (Wildman–Crippen MR) is 52.0 cm³/mol. The van der Waals surface area contributed by atoms with Gasteiger partial charge in [-0.2, -0.15) is 13.2 Å². The number of hydrogen-bond donors (Lipinski definition) is 1. The SMILES string of the molecule is Cc1nc(CC(O)CC(F)(F)F)sc1C. The molecule has 6 heteroatoms. The van der Waals surface area contributed by atoms with Crippen molar-refractivity contribution in [2.24, 2.45) is 0 Å². The van der Waals surface area contributed by atoms with Crippen molar-refractivity contribution in [2.75, 3.05) is 0 Å². The molecule has 0 amide bonds. The molecule has 2 nitrogen and oxygen atoms in total. The zero-order valence-electron chi connectivity index (χ0n) is 8.43. The maximum Gasteiger partial charge on any atom is 0.391 e. The zero-order chi connectivity index (χ0) is 11.6. The van der Waals surface area contributed by atoms with Gasteiger partial charge in [0.15, 0.2) is 0 Å². The van der Waals surface area contributed by atoms with Crippen LogP contribution >= 0.6 is 11.3 Å². The summed E-state index contributed by atoms with van der Waals surface area (Å²) >= 11 is 1.33. The number of alkyl halides is 3. The van der Waals surface area contributed by atoms with Crippen molar-refractivity contribution in [3.63, 3.8) is 0 Å². The molecule has 1 aromatic rings. The van der Waals surface area contributed by atoms with E-state index in [0.29, 0.717) is 5.01 Å². The lowest BCUT2D eigenvalue weighted by molar-refractivity contribution is -0.153. The molecular weight excluding hydrogens is 227 g/mol. The number of hydrogen-bond acceptors (Lipinski definition) is 3. The molecule has 15 heavy (non-hydrogen) atoms. The summed E-state index contributed by atoms with van der Waals surface area (Å²) in [5.74, 6) is 0. The number of aliphatic hydroxyl groups is 1. The fourth-order valence-corrected chi connectivity index (χ4v) is 2.17. The summed E-state index contributed by atoms with van der Waals surface area (Å²) in [7, 11) is 0. The van der Waals surface area contributed by atoms with Crippen LogP contribution in [0.3, 0.4) is 0 Å². The third kappa shape index (κ3) is 4.17. The second-order valence-electron chi connectivity index (χ2n) is 3.43. The van der Waals surface area contributed by atoms with Crippen LogP contribution < -0.4 is 0 Å². The standard InChI is InChI=1S/C9H12F3NOS/c1-5-6(2)15-8(13-5)3-7(14)4-9(10,11)12/h7,14H,3-4H2,1-2H3. The van der Waals surface area contributed by atoms with Crippen molar-refractivity contribution in [2.45, 2.75) is 39.0 Å². The van der Waals surface area contributed by atoms with Crippen LogP contribution in [0.2, 0.25) is 0 Å². The first-order valence-electron chi connectivity index (χ1n) is 4.45. The molecule has 0 aromatic carbocycles. The molecule has 0 spiro atoms. The van der Waals surface area contributed by atoms with Crippen molar-refractivity contribution in [3.05, 3.63) is 15.6 Å². The summed E-state index contributed by atoms with van der Waals surface area (Å²) in [5, 5.41) is 9.74. The van der Waals surface area contributed by atoms with E-state index in [2.05, 4.69) is 4.98 Å². The van der Waals surface area contributed by atoms with E-state index in [-0.39, 0.29) is 6.42 Å². The summed E-state index contributed by atoms with van der Waals surface area (Å²) in [6.07, 6.45) is -6.92. The lowest BCUT2D eigenvalue weighted by Crippen LogP contribution is -2.21. The van der Waals surface area contributed by atoms with Crippen molar-refractivity contribution >= 4 is 11.3 Å². The van der Waals surface area contributed by atoms with Crippen LogP contribution in [-0.2, 0) is 6.42 Å². The minimum Gasteiger partial charge on any atom is -0.392 e. The summed E-state index contributed by atoms with van der Waals surface area (Å²) in [6, 6.07) is 0. The van der Waals surface area contributed by atoms with E-state index in [0.717, 1.165) is 10.6 Å². The van der Waals surface area contributed by atoms with Gasteiger partial charge < -0.3 is 5.11 Å². The molecule has 1 atom stereocenters. The van der Waals surface area contributed by atoms with E-state index in [9.17, 15) is 18.3 Å². The Morgan fingerprint density at radius 3 is 2.40 bits per heavy atom. The van der Waals surface area contributed by atoms with E-state index >= 15 is 0 Å². The van der Waals surface area contributed by atoms with Gasteiger partial charge in [-0.05, 0) is 13.8 Å². The first-order chi connectivity index (χ1) is 6.78. The van der Waals surface area contributed by atoms with Crippen molar-refractivity contribution < 1.29 is 18.3 Å². The fourth-order valence-electron chi connectivity index (χ4n) is 1.17. The van der Waals surface area contributed by atoms with Crippen molar-refractivity contribution in [1.29, 1.82) is 0 Å². The molecule has 1 N–H and O–H groups in total. The van der Waals surface area contributed by atoms with Crippen LogP contribution in [0.15, 0.2) is 0 Å². The largest absolute Gasteiger partial charge is 0.392 e. The maximum atomic E-state index is 11.9. The van der Waals surface area contributed by atoms with Crippen LogP contribution in [-0.4, -0.2) is 22.4 Å². The van der Waals surface area contributed by atoms with E-state index in [4.69, 9.17) is 0 Å². The highest BCUT2D eigenvalue weighted by molar-refractivity contribution is 7.11. The Balaban J connectivity index is 2.55. The molecule has 0 aliphatic heterocycles. The molecule has 86 valence electrons. The molecule has 1 aromatic heterocycles. The second-order valence-corrected chi connectivity index (χ2v) is 4.71. The summed E-state index contributed by atoms with van der Waals surface area (Å²) in [4.78, 5) is 5.05. The molecule has 1 unspecified atom stereocenters.